The maximum atomic E-state index is 5.80. The van der Waals surface area contributed by atoms with Gasteiger partial charge in [0.1, 0.15) is 0 Å². The number of rotatable bonds is 5. The van der Waals surface area contributed by atoms with E-state index in [1.54, 1.807) is 13.8 Å². The molecule has 1 aromatic carbocycles. The second-order valence-corrected chi connectivity index (χ2v) is 7.01. The molecule has 0 atom stereocenters. The van der Waals surface area contributed by atoms with Crippen LogP contribution in [0.25, 0.3) is 0 Å². The molecule has 0 radical (unpaired) electrons. The predicted molar refractivity (Wildman–Crippen MR) is 72.7 cm³/mol. The van der Waals surface area contributed by atoms with Crippen LogP contribution in [0.4, 0.5) is 0 Å². The van der Waals surface area contributed by atoms with E-state index in [0.29, 0.717) is 11.5 Å². The molecule has 0 aromatic heterocycles. The third-order valence-corrected chi connectivity index (χ3v) is 5.84. The van der Waals surface area contributed by atoms with Gasteiger partial charge in [0.25, 0.3) is 0 Å². The molecular weight excluding hydrogens is 267 g/mol. The van der Waals surface area contributed by atoms with Crippen molar-refractivity contribution in [1.29, 1.82) is 0 Å². The minimum atomic E-state index is -3.99. The number of hydrogen-bond donors (Lipinski definition) is 0. The molecule has 0 fully saturated rings. The van der Waals surface area contributed by atoms with Crippen molar-refractivity contribution in [1.82, 2.24) is 0 Å². The molecular formula is C13H19O5P. The van der Waals surface area contributed by atoms with E-state index < -0.39 is 7.74 Å². The Kier molecular flexibility index (Phi) is 3.83. The van der Waals surface area contributed by atoms with Crippen LogP contribution in [0.5, 0.6) is 0 Å². The minimum absolute atomic E-state index is 0.279. The van der Waals surface area contributed by atoms with Crippen LogP contribution in [-0.2, 0) is 29.2 Å². The summed E-state index contributed by atoms with van der Waals surface area (Å²) in [6.07, 6.45) is 0. The second kappa shape index (κ2) is 5.10. The van der Waals surface area contributed by atoms with Crippen molar-refractivity contribution in [3.8, 4) is 0 Å². The summed E-state index contributed by atoms with van der Waals surface area (Å²) in [6, 6.07) is 9.70. The zero-order valence-corrected chi connectivity index (χ0v) is 12.5. The first-order chi connectivity index (χ1) is 9.02. The number of allylic oxidation sites excluding steroid dienone is 2. The molecule has 1 aliphatic rings. The fourth-order valence-electron chi connectivity index (χ4n) is 1.73. The summed E-state index contributed by atoms with van der Waals surface area (Å²) in [5.74, 6) is 1.21. The molecule has 0 bridgehead atoms. The van der Waals surface area contributed by atoms with Gasteiger partial charge in [-0.15, -0.1) is 0 Å². The molecule has 106 valence electrons. The summed E-state index contributed by atoms with van der Waals surface area (Å²) in [5, 5.41) is 0. The Morgan fingerprint density at radius 2 is 1.47 bits per heavy atom. The second-order valence-electron chi connectivity index (χ2n) is 4.16. The van der Waals surface area contributed by atoms with Crippen LogP contribution in [0.2, 0.25) is 0 Å². The topological polar surface area (TPSA) is 46.2 Å². The number of hydrogen-bond acceptors (Lipinski definition) is 5. The molecule has 0 aliphatic carbocycles. The molecule has 1 aromatic rings. The first-order valence-electron chi connectivity index (χ1n) is 5.94. The normalized spacial score (nSPS) is 22.2. The summed E-state index contributed by atoms with van der Waals surface area (Å²) in [6.45, 7) is 3.85. The SMILES string of the molecule is COP1(OC)(OCc2ccccc2)OC(C)=C(C)O1. The average Bonchev–Trinajstić information content (AvgIpc) is 2.72. The van der Waals surface area contributed by atoms with Gasteiger partial charge >= 0.3 is 112 Å². The Morgan fingerprint density at radius 3 is 1.95 bits per heavy atom. The van der Waals surface area contributed by atoms with Crippen molar-refractivity contribution >= 4 is 7.74 Å². The molecule has 0 saturated carbocycles. The molecule has 5 nitrogen and oxygen atoms in total. The van der Waals surface area contributed by atoms with Crippen molar-refractivity contribution in [2.75, 3.05) is 14.2 Å². The van der Waals surface area contributed by atoms with Gasteiger partial charge in [-0.3, -0.25) is 0 Å². The average molecular weight is 286 g/mol. The van der Waals surface area contributed by atoms with Gasteiger partial charge in [-0.1, -0.05) is 0 Å². The molecule has 0 unspecified atom stereocenters. The van der Waals surface area contributed by atoms with E-state index >= 15 is 0 Å². The Labute approximate surface area is 113 Å². The van der Waals surface area contributed by atoms with Crippen molar-refractivity contribution in [2.24, 2.45) is 0 Å². The van der Waals surface area contributed by atoms with Gasteiger partial charge in [0.05, 0.1) is 0 Å². The number of benzene rings is 1. The van der Waals surface area contributed by atoms with Gasteiger partial charge in [0.2, 0.25) is 0 Å². The molecule has 0 saturated heterocycles. The van der Waals surface area contributed by atoms with Gasteiger partial charge in [-0.05, 0) is 0 Å². The summed E-state index contributed by atoms with van der Waals surface area (Å²) < 4.78 is 28.0. The van der Waals surface area contributed by atoms with E-state index in [-0.39, 0.29) is 6.61 Å². The predicted octanol–water partition coefficient (Wildman–Crippen LogP) is 3.92. The molecule has 6 heteroatoms. The van der Waals surface area contributed by atoms with E-state index in [4.69, 9.17) is 22.6 Å². The van der Waals surface area contributed by atoms with Crippen LogP contribution in [0.15, 0.2) is 41.9 Å². The fraction of sp³-hybridized carbons (Fsp3) is 0.385. The van der Waals surface area contributed by atoms with Crippen LogP contribution < -0.4 is 0 Å². The third-order valence-electron chi connectivity index (χ3n) is 2.95. The summed E-state index contributed by atoms with van der Waals surface area (Å²) >= 11 is 0. The van der Waals surface area contributed by atoms with Gasteiger partial charge < -0.3 is 0 Å². The molecule has 0 amide bonds. The van der Waals surface area contributed by atoms with Crippen LogP contribution in [0.1, 0.15) is 19.4 Å². The van der Waals surface area contributed by atoms with E-state index in [0.717, 1.165) is 5.56 Å². The quantitative estimate of drug-likeness (QED) is 0.768. The fourth-order valence-corrected chi connectivity index (χ4v) is 4.04. The van der Waals surface area contributed by atoms with E-state index in [9.17, 15) is 0 Å². The van der Waals surface area contributed by atoms with Gasteiger partial charge in [-0.25, -0.2) is 0 Å². The van der Waals surface area contributed by atoms with Gasteiger partial charge in [0.15, 0.2) is 0 Å². The van der Waals surface area contributed by atoms with Gasteiger partial charge in [-0.2, -0.15) is 0 Å². The Morgan fingerprint density at radius 1 is 0.947 bits per heavy atom. The zero-order valence-electron chi connectivity index (χ0n) is 11.6. The van der Waals surface area contributed by atoms with E-state index in [2.05, 4.69) is 0 Å². The molecule has 19 heavy (non-hydrogen) atoms. The Balaban J connectivity index is 2.18. The van der Waals surface area contributed by atoms with Crippen molar-refractivity contribution in [3.63, 3.8) is 0 Å². The molecule has 2 rings (SSSR count). The molecule has 0 N–H and O–H groups in total. The Bertz CT molecular complexity index is 463. The zero-order chi connectivity index (χ0) is 14.0. The van der Waals surface area contributed by atoms with Gasteiger partial charge in [0, 0.05) is 0 Å². The maximum absolute atomic E-state index is 5.80. The van der Waals surface area contributed by atoms with Crippen LogP contribution in [0, 0.1) is 0 Å². The van der Waals surface area contributed by atoms with Crippen LogP contribution in [-0.4, -0.2) is 14.2 Å². The van der Waals surface area contributed by atoms with E-state index in [1.165, 1.54) is 14.2 Å². The van der Waals surface area contributed by atoms with Crippen molar-refractivity contribution < 1.29 is 22.6 Å². The molecule has 1 heterocycles. The summed E-state index contributed by atoms with van der Waals surface area (Å²) in [7, 11) is -1.08. The van der Waals surface area contributed by atoms with Crippen molar-refractivity contribution in [2.45, 2.75) is 20.5 Å². The standard InChI is InChI=1S/C13H19O5P/c1-11-12(2)18-19(14-3,15-4,17-11)16-10-13-8-6-5-7-9-13/h5-9H,10H2,1-4H3. The molecule has 1 aliphatic heterocycles. The van der Waals surface area contributed by atoms with Crippen LogP contribution >= 0.6 is 7.74 Å². The van der Waals surface area contributed by atoms with E-state index in [1.807, 2.05) is 30.3 Å². The van der Waals surface area contributed by atoms with Crippen LogP contribution in [0.3, 0.4) is 0 Å². The Hall–Kier alpha value is -1.13. The summed E-state index contributed by atoms with van der Waals surface area (Å²) in [5.41, 5.74) is 0.981. The first-order valence-corrected chi connectivity index (χ1v) is 7.77. The van der Waals surface area contributed by atoms with Crippen molar-refractivity contribution in [3.05, 3.63) is 47.4 Å². The third kappa shape index (κ3) is 2.60. The first kappa shape index (κ1) is 14.3. The molecule has 0 spiro atoms. The monoisotopic (exact) mass is 286 g/mol. The summed E-state index contributed by atoms with van der Waals surface area (Å²) in [4.78, 5) is 0.